The van der Waals surface area contributed by atoms with Crippen LogP contribution < -0.4 is 10.1 Å². The fourth-order valence-corrected chi connectivity index (χ4v) is 2.95. The van der Waals surface area contributed by atoms with Crippen LogP contribution in [0.1, 0.15) is 39.5 Å². The van der Waals surface area contributed by atoms with E-state index in [1.165, 1.54) is 0 Å². The number of unbranched alkanes of at least 4 members (excludes halogenated alkanes) is 1. The van der Waals surface area contributed by atoms with Crippen LogP contribution in [-0.4, -0.2) is 56.4 Å². The molecule has 0 saturated carbocycles. The summed E-state index contributed by atoms with van der Waals surface area (Å²) >= 11 is 0. The number of hydrogen-bond donors (Lipinski definition) is 1. The van der Waals surface area contributed by atoms with E-state index in [0.29, 0.717) is 6.10 Å². The monoisotopic (exact) mass is 475 g/mol. The highest BCUT2D eigenvalue weighted by molar-refractivity contribution is 14.0. The van der Waals surface area contributed by atoms with Crippen molar-refractivity contribution in [1.29, 1.82) is 0 Å². The first-order valence-corrected chi connectivity index (χ1v) is 9.66. The first kappa shape index (κ1) is 23.0. The minimum atomic E-state index is 0. The summed E-state index contributed by atoms with van der Waals surface area (Å²) in [6.45, 7) is 9.53. The van der Waals surface area contributed by atoms with Gasteiger partial charge >= 0.3 is 0 Å². The summed E-state index contributed by atoms with van der Waals surface area (Å²) in [7, 11) is 0. The smallest absolute Gasteiger partial charge is 0.193 e. The molecule has 1 saturated heterocycles. The molecule has 6 heteroatoms. The van der Waals surface area contributed by atoms with Crippen molar-refractivity contribution in [2.45, 2.75) is 45.6 Å². The Morgan fingerprint density at radius 1 is 1.15 bits per heavy atom. The van der Waals surface area contributed by atoms with Crippen LogP contribution in [0, 0.1) is 0 Å². The molecule has 1 aromatic rings. The van der Waals surface area contributed by atoms with Crippen molar-refractivity contribution >= 4 is 29.9 Å². The molecule has 0 spiro atoms. The van der Waals surface area contributed by atoms with E-state index in [2.05, 4.69) is 17.1 Å². The van der Waals surface area contributed by atoms with Crippen molar-refractivity contribution in [2.75, 3.05) is 39.4 Å². The highest BCUT2D eigenvalue weighted by atomic mass is 127. The number of para-hydroxylation sites is 1. The summed E-state index contributed by atoms with van der Waals surface area (Å²) in [5.74, 6) is 2.01. The number of likely N-dealkylation sites (tertiary alicyclic amines) is 1. The largest absolute Gasteiger partial charge is 0.490 e. The van der Waals surface area contributed by atoms with Crippen LogP contribution in [0.25, 0.3) is 0 Å². The number of guanidine groups is 1. The van der Waals surface area contributed by atoms with Crippen LogP contribution in [-0.2, 0) is 4.74 Å². The summed E-state index contributed by atoms with van der Waals surface area (Å²) < 4.78 is 11.5. The topological polar surface area (TPSA) is 46.1 Å². The minimum Gasteiger partial charge on any atom is -0.490 e. The maximum Gasteiger partial charge on any atom is 0.193 e. The Morgan fingerprint density at radius 2 is 1.88 bits per heavy atom. The molecule has 2 rings (SSSR count). The Labute approximate surface area is 175 Å². The normalized spacial score (nSPS) is 15.5. The zero-order chi connectivity index (χ0) is 17.7. The van der Waals surface area contributed by atoms with Crippen LogP contribution in [0.2, 0.25) is 0 Å². The fourth-order valence-electron chi connectivity index (χ4n) is 2.95. The van der Waals surface area contributed by atoms with Crippen molar-refractivity contribution in [1.82, 2.24) is 10.2 Å². The zero-order valence-electron chi connectivity index (χ0n) is 16.2. The standard InChI is InChI=1S/C20H33N3O2.HI/c1-3-21-20(22-14-8-9-17-24-4-2)23-15-12-19(13-16-23)25-18-10-6-5-7-11-18;/h5-7,10-11,19H,3-4,8-9,12-17H2,1-2H3,(H,21,22);1H. The summed E-state index contributed by atoms with van der Waals surface area (Å²) in [4.78, 5) is 7.14. The lowest BCUT2D eigenvalue weighted by molar-refractivity contribution is 0.129. The van der Waals surface area contributed by atoms with Crippen molar-refractivity contribution in [2.24, 2.45) is 4.99 Å². The Kier molecular flexibility index (Phi) is 12.5. The predicted octanol–water partition coefficient (Wildman–Crippen LogP) is 3.93. The van der Waals surface area contributed by atoms with Crippen LogP contribution in [0.5, 0.6) is 5.75 Å². The first-order valence-electron chi connectivity index (χ1n) is 9.66. The number of hydrogen-bond acceptors (Lipinski definition) is 3. The highest BCUT2D eigenvalue weighted by Gasteiger charge is 2.22. The molecule has 5 nitrogen and oxygen atoms in total. The van der Waals surface area contributed by atoms with Gasteiger partial charge in [-0.1, -0.05) is 18.2 Å². The van der Waals surface area contributed by atoms with Crippen molar-refractivity contribution < 1.29 is 9.47 Å². The van der Waals surface area contributed by atoms with Gasteiger partial charge in [0.25, 0.3) is 0 Å². The van der Waals surface area contributed by atoms with Crippen LogP contribution in [0.15, 0.2) is 35.3 Å². The van der Waals surface area contributed by atoms with E-state index in [9.17, 15) is 0 Å². The van der Waals surface area contributed by atoms with Gasteiger partial charge in [0.05, 0.1) is 0 Å². The van der Waals surface area contributed by atoms with Crippen molar-refractivity contribution in [3.05, 3.63) is 30.3 Å². The van der Waals surface area contributed by atoms with E-state index < -0.39 is 0 Å². The predicted molar refractivity (Wildman–Crippen MR) is 119 cm³/mol. The van der Waals surface area contributed by atoms with E-state index in [1.54, 1.807) is 0 Å². The molecule has 0 amide bonds. The molecule has 0 atom stereocenters. The van der Waals surface area contributed by atoms with E-state index in [0.717, 1.165) is 76.8 Å². The van der Waals surface area contributed by atoms with Gasteiger partial charge in [-0.05, 0) is 38.8 Å². The third kappa shape index (κ3) is 8.58. The Morgan fingerprint density at radius 3 is 2.54 bits per heavy atom. The Balaban J connectivity index is 0.00000338. The van der Waals surface area contributed by atoms with E-state index in [-0.39, 0.29) is 24.0 Å². The van der Waals surface area contributed by atoms with Gasteiger partial charge in [0.15, 0.2) is 5.96 Å². The molecular weight excluding hydrogens is 441 g/mol. The van der Waals surface area contributed by atoms with Gasteiger partial charge in [0.1, 0.15) is 11.9 Å². The minimum absolute atomic E-state index is 0. The Hall–Kier alpha value is -1.02. The molecule has 1 aliphatic heterocycles. The molecule has 0 radical (unpaired) electrons. The number of ether oxygens (including phenoxy) is 2. The number of nitrogens with one attached hydrogen (secondary N) is 1. The summed E-state index contributed by atoms with van der Waals surface area (Å²) in [6.07, 6.45) is 4.51. The molecule has 0 unspecified atom stereocenters. The van der Waals surface area contributed by atoms with Gasteiger partial charge in [-0.15, -0.1) is 24.0 Å². The second-order valence-electron chi connectivity index (χ2n) is 6.26. The third-order valence-electron chi connectivity index (χ3n) is 4.28. The highest BCUT2D eigenvalue weighted by Crippen LogP contribution is 2.18. The van der Waals surface area contributed by atoms with Gasteiger partial charge in [-0.3, -0.25) is 4.99 Å². The lowest BCUT2D eigenvalue weighted by atomic mass is 10.1. The second-order valence-corrected chi connectivity index (χ2v) is 6.26. The van der Waals surface area contributed by atoms with Crippen LogP contribution >= 0.6 is 24.0 Å². The first-order chi connectivity index (χ1) is 12.3. The molecule has 1 heterocycles. The van der Waals surface area contributed by atoms with E-state index in [4.69, 9.17) is 14.5 Å². The maximum atomic E-state index is 6.08. The van der Waals surface area contributed by atoms with Gasteiger partial charge in [-0.2, -0.15) is 0 Å². The lowest BCUT2D eigenvalue weighted by Gasteiger charge is -2.34. The van der Waals surface area contributed by atoms with Gasteiger partial charge in [-0.25, -0.2) is 0 Å². The van der Waals surface area contributed by atoms with Gasteiger partial charge in [0.2, 0.25) is 0 Å². The van der Waals surface area contributed by atoms with Crippen molar-refractivity contribution in [3.63, 3.8) is 0 Å². The molecule has 1 aromatic carbocycles. The van der Waals surface area contributed by atoms with E-state index in [1.807, 2.05) is 37.3 Å². The molecule has 26 heavy (non-hydrogen) atoms. The Bertz CT molecular complexity index is 491. The number of aliphatic imine (C=N–C) groups is 1. The quantitative estimate of drug-likeness (QED) is 0.255. The number of halogens is 1. The van der Waals surface area contributed by atoms with Crippen LogP contribution in [0.3, 0.4) is 0 Å². The maximum absolute atomic E-state index is 6.08. The number of nitrogens with zero attached hydrogens (tertiary/aromatic N) is 2. The average Bonchev–Trinajstić information content (AvgIpc) is 2.65. The van der Waals surface area contributed by atoms with Gasteiger partial charge < -0.3 is 19.7 Å². The number of benzene rings is 1. The molecule has 0 bridgehead atoms. The average molecular weight is 475 g/mol. The molecule has 1 N–H and O–H groups in total. The number of rotatable bonds is 9. The molecule has 1 fully saturated rings. The van der Waals surface area contributed by atoms with E-state index >= 15 is 0 Å². The number of piperidine rings is 1. The second kappa shape index (κ2) is 14.1. The molecular formula is C20H34IN3O2. The van der Waals surface area contributed by atoms with Crippen LogP contribution in [0.4, 0.5) is 0 Å². The van der Waals surface area contributed by atoms with Gasteiger partial charge in [0, 0.05) is 52.2 Å². The lowest BCUT2D eigenvalue weighted by Crippen LogP contribution is -2.47. The fraction of sp³-hybridized carbons (Fsp3) is 0.650. The van der Waals surface area contributed by atoms with Crippen molar-refractivity contribution in [3.8, 4) is 5.75 Å². The summed E-state index contributed by atoms with van der Waals surface area (Å²) in [5, 5.41) is 3.42. The SMILES string of the molecule is CCNC(=NCCCCOCC)N1CCC(Oc2ccccc2)CC1.I. The zero-order valence-corrected chi connectivity index (χ0v) is 18.5. The molecule has 148 valence electrons. The summed E-state index contributed by atoms with van der Waals surface area (Å²) in [6, 6.07) is 10.1. The summed E-state index contributed by atoms with van der Waals surface area (Å²) in [5.41, 5.74) is 0. The molecule has 0 aromatic heterocycles. The molecule has 0 aliphatic carbocycles. The molecule has 1 aliphatic rings. The third-order valence-corrected chi connectivity index (χ3v) is 4.28.